The van der Waals surface area contributed by atoms with E-state index in [0.29, 0.717) is 25.6 Å². The molecule has 1 aromatic heterocycles. The molecule has 158 valence electrons. The molecule has 5 nitrogen and oxygen atoms in total. The average Bonchev–Trinajstić information content (AvgIpc) is 3.05. The zero-order valence-corrected chi connectivity index (χ0v) is 18.3. The summed E-state index contributed by atoms with van der Waals surface area (Å²) in [5.74, 6) is 0.363. The fourth-order valence-corrected chi connectivity index (χ4v) is 4.74. The summed E-state index contributed by atoms with van der Waals surface area (Å²) in [5, 5.41) is 0.916. The second-order valence-corrected chi connectivity index (χ2v) is 8.91. The smallest absolute Gasteiger partial charge is 0.265 e. The monoisotopic (exact) mass is 419 g/mol. The molecule has 0 bridgehead atoms. The van der Waals surface area contributed by atoms with Crippen molar-refractivity contribution in [2.45, 2.75) is 33.2 Å². The van der Waals surface area contributed by atoms with Gasteiger partial charge in [-0.2, -0.15) is 0 Å². The van der Waals surface area contributed by atoms with Gasteiger partial charge in [0.2, 0.25) is 0 Å². The first-order valence-corrected chi connectivity index (χ1v) is 11.0. The van der Waals surface area contributed by atoms with Gasteiger partial charge in [0.15, 0.2) is 0 Å². The Morgan fingerprint density at radius 3 is 2.66 bits per heavy atom. The minimum absolute atomic E-state index is 0.0546. The first-order valence-electron chi connectivity index (χ1n) is 10.2. The second-order valence-electron chi connectivity index (χ2n) is 7.70. The highest BCUT2D eigenvalue weighted by Gasteiger charge is 2.26. The summed E-state index contributed by atoms with van der Waals surface area (Å²) in [7, 11) is 1.66. The van der Waals surface area contributed by atoms with Crippen molar-refractivity contribution in [2.24, 2.45) is 5.92 Å². The molecule has 0 atom stereocenters. The van der Waals surface area contributed by atoms with Gasteiger partial charge in [0.25, 0.3) is 5.91 Å². The average molecular weight is 420 g/mol. The predicted octanol–water partition coefficient (Wildman–Crippen LogP) is 3.90. The fraction of sp³-hybridized carbons (Fsp3) is 0.545. The topological polar surface area (TPSA) is 45.7 Å². The van der Waals surface area contributed by atoms with E-state index >= 15 is 0 Å². The lowest BCUT2D eigenvalue weighted by Crippen LogP contribution is -2.42. The molecule has 1 aromatic carbocycles. The van der Waals surface area contributed by atoms with Gasteiger partial charge in [-0.3, -0.25) is 9.69 Å². The van der Waals surface area contributed by atoms with E-state index in [-0.39, 0.29) is 11.7 Å². The number of piperidine rings is 1. The summed E-state index contributed by atoms with van der Waals surface area (Å²) in [6.07, 6.45) is 2.01. The number of benzene rings is 1. The van der Waals surface area contributed by atoms with Gasteiger partial charge in [-0.15, -0.1) is 11.3 Å². The number of likely N-dealkylation sites (tertiary alicyclic amines) is 1. The summed E-state index contributed by atoms with van der Waals surface area (Å²) in [5.41, 5.74) is 1.55. The number of ether oxygens (including phenoxy) is 1. The molecule has 0 saturated carbocycles. The number of amides is 1. The van der Waals surface area contributed by atoms with Gasteiger partial charge >= 0.3 is 0 Å². The van der Waals surface area contributed by atoms with Crippen LogP contribution in [0.25, 0.3) is 0 Å². The van der Waals surface area contributed by atoms with Crippen molar-refractivity contribution in [3.8, 4) is 0 Å². The number of hydrogen-bond acceptors (Lipinski definition) is 5. The van der Waals surface area contributed by atoms with Gasteiger partial charge in [0.05, 0.1) is 17.3 Å². The maximum absolute atomic E-state index is 13.9. The lowest BCUT2D eigenvalue weighted by atomic mass is 9.95. The molecular formula is C22H30FN3O2S. The van der Waals surface area contributed by atoms with Gasteiger partial charge in [-0.05, 0) is 51.8 Å². The Morgan fingerprint density at radius 2 is 2.03 bits per heavy atom. The molecular weight excluding hydrogens is 389 g/mol. The Kier molecular flexibility index (Phi) is 7.75. The Hall–Kier alpha value is -1.83. The van der Waals surface area contributed by atoms with Crippen molar-refractivity contribution in [1.82, 2.24) is 14.8 Å². The van der Waals surface area contributed by atoms with Crippen LogP contribution in [-0.2, 0) is 11.3 Å². The predicted molar refractivity (Wildman–Crippen MR) is 114 cm³/mol. The molecule has 0 unspecified atom stereocenters. The molecule has 1 saturated heterocycles. The second kappa shape index (κ2) is 10.3. The zero-order chi connectivity index (χ0) is 20.8. The van der Waals surface area contributed by atoms with Crippen molar-refractivity contribution in [3.05, 3.63) is 51.2 Å². The van der Waals surface area contributed by atoms with Crippen LogP contribution in [0.15, 0.2) is 24.3 Å². The van der Waals surface area contributed by atoms with Crippen LogP contribution in [0, 0.1) is 25.6 Å². The van der Waals surface area contributed by atoms with Crippen LogP contribution < -0.4 is 0 Å². The van der Waals surface area contributed by atoms with Gasteiger partial charge in [0, 0.05) is 32.3 Å². The Balaban J connectivity index is 1.57. The highest BCUT2D eigenvalue weighted by molar-refractivity contribution is 7.13. The van der Waals surface area contributed by atoms with Crippen LogP contribution in [0.3, 0.4) is 0 Å². The molecule has 1 fully saturated rings. The number of nitrogens with zero attached hydrogens (tertiary/aromatic N) is 3. The number of aryl methyl sites for hydroxylation is 2. The van der Waals surface area contributed by atoms with E-state index in [0.717, 1.165) is 53.6 Å². The zero-order valence-electron chi connectivity index (χ0n) is 17.5. The third-order valence-corrected chi connectivity index (χ3v) is 6.55. The van der Waals surface area contributed by atoms with E-state index in [1.807, 2.05) is 30.9 Å². The van der Waals surface area contributed by atoms with Crippen LogP contribution in [-0.4, -0.2) is 60.6 Å². The number of rotatable bonds is 8. The summed E-state index contributed by atoms with van der Waals surface area (Å²) < 4.78 is 19.1. The van der Waals surface area contributed by atoms with E-state index in [2.05, 4.69) is 9.88 Å². The molecule has 2 aromatic rings. The first kappa shape index (κ1) is 21.9. The van der Waals surface area contributed by atoms with E-state index in [9.17, 15) is 9.18 Å². The Bertz CT molecular complexity index is 818. The lowest BCUT2D eigenvalue weighted by molar-refractivity contribution is 0.0621. The molecule has 0 aliphatic carbocycles. The van der Waals surface area contributed by atoms with Crippen LogP contribution in [0.5, 0.6) is 0 Å². The number of thiazole rings is 1. The number of carbonyl (C=O) groups is 1. The molecule has 0 spiro atoms. The number of aromatic nitrogens is 1. The van der Waals surface area contributed by atoms with Crippen LogP contribution in [0.4, 0.5) is 4.39 Å². The molecule has 0 radical (unpaired) electrons. The van der Waals surface area contributed by atoms with Crippen LogP contribution in [0.2, 0.25) is 0 Å². The summed E-state index contributed by atoms with van der Waals surface area (Å²) in [6, 6.07) is 6.98. The minimum Gasteiger partial charge on any atom is -0.383 e. The molecule has 1 aliphatic rings. The van der Waals surface area contributed by atoms with E-state index in [4.69, 9.17) is 4.74 Å². The van der Waals surface area contributed by atoms with Crippen molar-refractivity contribution in [3.63, 3.8) is 0 Å². The molecule has 0 N–H and O–H groups in total. The normalized spacial score (nSPS) is 15.6. The maximum Gasteiger partial charge on any atom is 0.265 e. The van der Waals surface area contributed by atoms with Crippen molar-refractivity contribution < 1.29 is 13.9 Å². The summed E-state index contributed by atoms with van der Waals surface area (Å²) in [4.78, 5) is 22.4. The number of halogens is 1. The SMILES string of the molecule is COCCN(CC1CCN(Cc2ccccc2F)CC1)C(=O)c1sc(C)nc1C. The quantitative estimate of drug-likeness (QED) is 0.651. The first-order chi connectivity index (χ1) is 14.0. The van der Waals surface area contributed by atoms with Gasteiger partial charge in [-0.1, -0.05) is 18.2 Å². The van der Waals surface area contributed by atoms with E-state index in [1.165, 1.54) is 17.4 Å². The summed E-state index contributed by atoms with van der Waals surface area (Å²) in [6.45, 7) is 8.15. The van der Waals surface area contributed by atoms with Gasteiger partial charge in [0.1, 0.15) is 10.7 Å². The van der Waals surface area contributed by atoms with Gasteiger partial charge in [-0.25, -0.2) is 9.37 Å². The van der Waals surface area contributed by atoms with Crippen LogP contribution in [0.1, 0.15) is 38.8 Å². The lowest BCUT2D eigenvalue weighted by Gasteiger charge is -2.35. The highest BCUT2D eigenvalue weighted by Crippen LogP contribution is 2.24. The number of hydrogen-bond donors (Lipinski definition) is 0. The number of carbonyl (C=O) groups excluding carboxylic acids is 1. The third-order valence-electron chi connectivity index (χ3n) is 5.49. The molecule has 2 heterocycles. The van der Waals surface area contributed by atoms with Crippen molar-refractivity contribution in [1.29, 1.82) is 0 Å². The largest absolute Gasteiger partial charge is 0.383 e. The standard InChI is InChI=1S/C22H30FN3O2S/c1-16-21(29-17(2)24-16)22(27)26(12-13-28-3)14-18-8-10-25(11-9-18)15-19-6-4-5-7-20(19)23/h4-7,18H,8-15H2,1-3H3. The highest BCUT2D eigenvalue weighted by atomic mass is 32.1. The molecule has 1 aliphatic heterocycles. The fourth-order valence-electron chi connectivity index (χ4n) is 3.86. The third kappa shape index (κ3) is 5.84. The minimum atomic E-state index is -0.138. The van der Waals surface area contributed by atoms with Crippen molar-refractivity contribution in [2.75, 3.05) is 39.9 Å². The maximum atomic E-state index is 13.9. The molecule has 1 amide bonds. The molecule has 3 rings (SSSR count). The molecule has 7 heteroatoms. The van der Waals surface area contributed by atoms with E-state index < -0.39 is 0 Å². The van der Waals surface area contributed by atoms with Crippen molar-refractivity contribution >= 4 is 17.2 Å². The Morgan fingerprint density at radius 1 is 1.31 bits per heavy atom. The van der Waals surface area contributed by atoms with Gasteiger partial charge < -0.3 is 9.64 Å². The van der Waals surface area contributed by atoms with E-state index in [1.54, 1.807) is 13.2 Å². The Labute approximate surface area is 176 Å². The summed E-state index contributed by atoms with van der Waals surface area (Å²) >= 11 is 1.46. The van der Waals surface area contributed by atoms with Crippen LogP contribution >= 0.6 is 11.3 Å². The molecule has 29 heavy (non-hydrogen) atoms. The number of methoxy groups -OCH3 is 1.